The molecule has 0 bridgehead atoms. The van der Waals surface area contributed by atoms with Crippen LogP contribution in [0.5, 0.6) is 0 Å². The Labute approximate surface area is 160 Å². The minimum absolute atomic E-state index is 0.128. The Morgan fingerprint density at radius 1 is 1.16 bits per heavy atom. The summed E-state index contributed by atoms with van der Waals surface area (Å²) in [5.74, 6) is 0.755. The quantitative estimate of drug-likeness (QED) is 0.693. The second-order valence-corrected chi connectivity index (χ2v) is 6.95. The zero-order chi connectivity index (χ0) is 18.0. The summed E-state index contributed by atoms with van der Waals surface area (Å²) in [5, 5.41) is 4.53. The number of benzene rings is 2. The standard InChI is InChI=1S/C18H16Cl3N3O/c1-24-16-6-5-11(19)9-15(16)23-17(24)7-8-22-18(25)10-12-13(20)3-2-4-14(12)21/h2-6,9H,7-8,10H2,1H3,(H,22,25). The fraction of sp³-hybridized carbons (Fsp3) is 0.222. The third-order valence-electron chi connectivity index (χ3n) is 4.01. The first-order valence-electron chi connectivity index (χ1n) is 7.76. The molecule has 0 radical (unpaired) electrons. The summed E-state index contributed by atoms with van der Waals surface area (Å²) in [4.78, 5) is 16.7. The SMILES string of the molecule is Cn1c(CCNC(=O)Cc2c(Cl)cccc2Cl)nc2cc(Cl)ccc21. The highest BCUT2D eigenvalue weighted by Crippen LogP contribution is 2.24. The fourth-order valence-corrected chi connectivity index (χ4v) is 3.38. The van der Waals surface area contributed by atoms with E-state index < -0.39 is 0 Å². The van der Waals surface area contributed by atoms with Gasteiger partial charge in [0, 0.05) is 35.1 Å². The number of hydrogen-bond acceptors (Lipinski definition) is 2. The van der Waals surface area contributed by atoms with Crippen LogP contribution in [-0.2, 0) is 24.7 Å². The Balaban J connectivity index is 1.61. The third-order valence-corrected chi connectivity index (χ3v) is 4.95. The molecule has 0 atom stereocenters. The molecule has 0 spiro atoms. The van der Waals surface area contributed by atoms with E-state index in [1.54, 1.807) is 18.2 Å². The number of amides is 1. The van der Waals surface area contributed by atoms with Crippen molar-refractivity contribution in [1.29, 1.82) is 0 Å². The van der Waals surface area contributed by atoms with Crippen LogP contribution in [0.15, 0.2) is 36.4 Å². The highest BCUT2D eigenvalue weighted by molar-refractivity contribution is 6.36. The van der Waals surface area contributed by atoms with E-state index in [9.17, 15) is 4.79 Å². The molecule has 1 N–H and O–H groups in total. The number of hydrogen-bond donors (Lipinski definition) is 1. The Hall–Kier alpha value is -1.75. The van der Waals surface area contributed by atoms with E-state index >= 15 is 0 Å². The van der Waals surface area contributed by atoms with Gasteiger partial charge in [-0.2, -0.15) is 0 Å². The lowest BCUT2D eigenvalue weighted by Crippen LogP contribution is -2.28. The Bertz CT molecular complexity index is 916. The van der Waals surface area contributed by atoms with Gasteiger partial charge in [0.2, 0.25) is 5.91 Å². The summed E-state index contributed by atoms with van der Waals surface area (Å²) in [6.45, 7) is 0.478. The van der Waals surface area contributed by atoms with Crippen LogP contribution in [0.25, 0.3) is 11.0 Å². The normalized spacial score (nSPS) is 11.0. The van der Waals surface area contributed by atoms with Gasteiger partial charge in [0.1, 0.15) is 5.82 Å². The topological polar surface area (TPSA) is 46.9 Å². The van der Waals surface area contributed by atoms with E-state index in [4.69, 9.17) is 34.8 Å². The molecule has 0 unspecified atom stereocenters. The Morgan fingerprint density at radius 3 is 2.60 bits per heavy atom. The van der Waals surface area contributed by atoms with Crippen molar-refractivity contribution in [3.8, 4) is 0 Å². The van der Waals surface area contributed by atoms with Gasteiger partial charge in [-0.3, -0.25) is 4.79 Å². The van der Waals surface area contributed by atoms with Crippen LogP contribution in [0.3, 0.4) is 0 Å². The van der Waals surface area contributed by atoms with E-state index in [2.05, 4.69) is 10.3 Å². The van der Waals surface area contributed by atoms with Gasteiger partial charge >= 0.3 is 0 Å². The number of aryl methyl sites for hydroxylation is 1. The molecular formula is C18H16Cl3N3O. The smallest absolute Gasteiger partial charge is 0.224 e. The van der Waals surface area contributed by atoms with Gasteiger partial charge in [-0.1, -0.05) is 40.9 Å². The second-order valence-electron chi connectivity index (χ2n) is 5.70. The number of nitrogens with zero attached hydrogens (tertiary/aromatic N) is 2. The first-order chi connectivity index (χ1) is 12.0. The molecule has 1 heterocycles. The third kappa shape index (κ3) is 4.09. The lowest BCUT2D eigenvalue weighted by atomic mass is 10.1. The highest BCUT2D eigenvalue weighted by atomic mass is 35.5. The zero-order valence-corrected chi connectivity index (χ0v) is 15.8. The molecule has 0 aliphatic carbocycles. The molecule has 1 amide bonds. The number of nitrogens with one attached hydrogen (secondary N) is 1. The van der Waals surface area contributed by atoms with Crippen molar-refractivity contribution in [2.75, 3.05) is 6.54 Å². The number of halogens is 3. The van der Waals surface area contributed by atoms with Gasteiger partial charge in [0.05, 0.1) is 17.5 Å². The molecule has 0 aliphatic heterocycles. The van der Waals surface area contributed by atoms with Crippen LogP contribution in [0.2, 0.25) is 15.1 Å². The summed E-state index contributed by atoms with van der Waals surface area (Å²) >= 11 is 18.2. The fourth-order valence-electron chi connectivity index (χ4n) is 2.68. The van der Waals surface area contributed by atoms with Gasteiger partial charge in [-0.05, 0) is 35.9 Å². The predicted octanol–water partition coefficient (Wildman–Crippen LogP) is 4.43. The first kappa shape index (κ1) is 18.1. The minimum atomic E-state index is -0.128. The highest BCUT2D eigenvalue weighted by Gasteiger charge is 2.12. The van der Waals surface area contributed by atoms with Crippen molar-refractivity contribution in [3.05, 3.63) is 62.9 Å². The lowest BCUT2D eigenvalue weighted by Gasteiger charge is -2.08. The van der Waals surface area contributed by atoms with Gasteiger partial charge in [0.15, 0.2) is 0 Å². The number of imidazole rings is 1. The van der Waals surface area contributed by atoms with Crippen LogP contribution >= 0.6 is 34.8 Å². The molecule has 7 heteroatoms. The summed E-state index contributed by atoms with van der Waals surface area (Å²) in [7, 11) is 1.95. The van der Waals surface area contributed by atoms with Crippen LogP contribution < -0.4 is 5.32 Å². The molecular weight excluding hydrogens is 381 g/mol. The molecule has 0 saturated carbocycles. The maximum absolute atomic E-state index is 12.1. The molecule has 0 fully saturated rings. The number of rotatable bonds is 5. The molecule has 3 rings (SSSR count). The molecule has 130 valence electrons. The number of carbonyl (C=O) groups excluding carboxylic acids is 1. The van der Waals surface area contributed by atoms with Gasteiger partial charge in [-0.25, -0.2) is 4.98 Å². The minimum Gasteiger partial charge on any atom is -0.355 e. The molecule has 4 nitrogen and oxygen atoms in total. The van der Waals surface area contributed by atoms with Crippen LogP contribution in [0.4, 0.5) is 0 Å². The van der Waals surface area contributed by atoms with Crippen LogP contribution in [0, 0.1) is 0 Å². The molecule has 2 aromatic carbocycles. The van der Waals surface area contributed by atoms with Crippen molar-refractivity contribution in [1.82, 2.24) is 14.9 Å². The van der Waals surface area contributed by atoms with Crippen molar-refractivity contribution in [2.45, 2.75) is 12.8 Å². The van der Waals surface area contributed by atoms with Crippen molar-refractivity contribution in [3.63, 3.8) is 0 Å². The van der Waals surface area contributed by atoms with E-state index in [1.807, 2.05) is 29.8 Å². The second kappa shape index (κ2) is 7.65. The lowest BCUT2D eigenvalue weighted by molar-refractivity contribution is -0.120. The monoisotopic (exact) mass is 395 g/mol. The Morgan fingerprint density at radius 2 is 1.88 bits per heavy atom. The molecule has 3 aromatic rings. The van der Waals surface area contributed by atoms with Crippen LogP contribution in [-0.4, -0.2) is 22.0 Å². The van der Waals surface area contributed by atoms with Crippen molar-refractivity contribution >= 4 is 51.7 Å². The zero-order valence-electron chi connectivity index (χ0n) is 13.5. The number of aromatic nitrogens is 2. The van der Waals surface area contributed by atoms with E-state index in [0.29, 0.717) is 33.6 Å². The molecule has 1 aromatic heterocycles. The predicted molar refractivity (Wildman–Crippen MR) is 103 cm³/mol. The van der Waals surface area contributed by atoms with E-state index in [-0.39, 0.29) is 12.3 Å². The van der Waals surface area contributed by atoms with E-state index in [1.165, 1.54) is 0 Å². The van der Waals surface area contributed by atoms with Gasteiger partial charge < -0.3 is 9.88 Å². The Kier molecular flexibility index (Phi) is 5.52. The van der Waals surface area contributed by atoms with Gasteiger partial charge in [-0.15, -0.1) is 0 Å². The molecule has 25 heavy (non-hydrogen) atoms. The van der Waals surface area contributed by atoms with Crippen molar-refractivity contribution in [2.24, 2.45) is 7.05 Å². The summed E-state index contributed by atoms with van der Waals surface area (Å²) < 4.78 is 2.00. The molecule has 0 saturated heterocycles. The maximum Gasteiger partial charge on any atom is 0.224 e. The van der Waals surface area contributed by atoms with Gasteiger partial charge in [0.25, 0.3) is 0 Å². The first-order valence-corrected chi connectivity index (χ1v) is 8.89. The van der Waals surface area contributed by atoms with Crippen molar-refractivity contribution < 1.29 is 4.79 Å². The average Bonchev–Trinajstić information content (AvgIpc) is 2.86. The number of fused-ring (bicyclic) bond motifs is 1. The van der Waals surface area contributed by atoms with Crippen LogP contribution in [0.1, 0.15) is 11.4 Å². The summed E-state index contributed by atoms with van der Waals surface area (Å²) in [6.07, 6.45) is 0.765. The summed E-state index contributed by atoms with van der Waals surface area (Å²) in [6, 6.07) is 10.8. The largest absolute Gasteiger partial charge is 0.355 e. The number of carbonyl (C=O) groups is 1. The van der Waals surface area contributed by atoms with E-state index in [0.717, 1.165) is 16.9 Å². The summed E-state index contributed by atoms with van der Waals surface area (Å²) in [5.41, 5.74) is 2.49. The average molecular weight is 397 g/mol. The maximum atomic E-state index is 12.1. The molecule has 0 aliphatic rings.